The number of aliphatic hydroxyl groups is 1. The number of hydrogen-bond donors (Lipinski definition) is 2. The van der Waals surface area contributed by atoms with Crippen LogP contribution in [0.4, 0.5) is 5.82 Å². The van der Waals surface area contributed by atoms with Crippen molar-refractivity contribution in [3.8, 4) is 11.1 Å². The van der Waals surface area contributed by atoms with Gasteiger partial charge in [0.15, 0.2) is 0 Å². The van der Waals surface area contributed by atoms with Crippen LogP contribution in [0.5, 0.6) is 0 Å². The van der Waals surface area contributed by atoms with Crippen molar-refractivity contribution in [2.24, 2.45) is 11.1 Å². The molecule has 3 aliphatic rings. The minimum absolute atomic E-state index is 0.203. The maximum Gasteiger partial charge on any atom is 0.248 e. The van der Waals surface area contributed by atoms with E-state index in [0.717, 1.165) is 75.0 Å². The van der Waals surface area contributed by atoms with E-state index in [4.69, 9.17) is 10.7 Å². The molecule has 1 atom stereocenters. The van der Waals surface area contributed by atoms with Gasteiger partial charge in [0.25, 0.3) is 0 Å². The summed E-state index contributed by atoms with van der Waals surface area (Å²) in [5, 5.41) is 9.83. The van der Waals surface area contributed by atoms with Crippen molar-refractivity contribution in [3.05, 3.63) is 48.2 Å². The number of aromatic nitrogens is 1. The number of piperidine rings is 1. The number of hydrogen-bond acceptors (Lipinski definition) is 5. The van der Waals surface area contributed by atoms with E-state index in [-0.39, 0.29) is 17.6 Å². The van der Waals surface area contributed by atoms with Crippen LogP contribution < -0.4 is 10.6 Å². The molecule has 7 heteroatoms. The summed E-state index contributed by atoms with van der Waals surface area (Å²) in [7, 11) is 0. The zero-order valence-electron chi connectivity index (χ0n) is 18.9. The number of anilines is 1. The lowest BCUT2D eigenvalue weighted by molar-refractivity contribution is -0.139. The largest absolute Gasteiger partial charge is 0.393 e. The van der Waals surface area contributed by atoms with Crippen LogP contribution in [-0.4, -0.2) is 58.6 Å². The molecule has 2 aliphatic heterocycles. The first-order chi connectivity index (χ1) is 15.9. The van der Waals surface area contributed by atoms with Crippen LogP contribution in [0, 0.1) is 5.41 Å². The highest BCUT2D eigenvalue weighted by molar-refractivity contribution is 5.94. The second-order valence-electron chi connectivity index (χ2n) is 9.87. The number of amides is 2. The molecule has 33 heavy (non-hydrogen) atoms. The quantitative estimate of drug-likeness (QED) is 0.749. The molecule has 0 bridgehead atoms. The summed E-state index contributed by atoms with van der Waals surface area (Å²) in [4.78, 5) is 34.1. The molecule has 0 radical (unpaired) electrons. The van der Waals surface area contributed by atoms with Gasteiger partial charge < -0.3 is 20.6 Å². The molecule has 2 amide bonds. The van der Waals surface area contributed by atoms with Crippen LogP contribution in [-0.2, 0) is 4.79 Å². The highest BCUT2D eigenvalue weighted by Crippen LogP contribution is 2.43. The second-order valence-corrected chi connectivity index (χ2v) is 9.87. The number of carbonyl (C=O) groups is 2. The Hall–Kier alpha value is -2.93. The van der Waals surface area contributed by atoms with Gasteiger partial charge in [0.1, 0.15) is 5.82 Å². The van der Waals surface area contributed by atoms with E-state index in [9.17, 15) is 14.7 Å². The monoisotopic (exact) mass is 448 g/mol. The minimum Gasteiger partial charge on any atom is -0.393 e. The SMILES string of the molecule is NC(=O)c1cccc(-c2ccc(N3CCCC4(CCN(C5CCC(O)CC5)C4=O)C3)nc2)c1. The van der Waals surface area contributed by atoms with Crippen molar-refractivity contribution >= 4 is 17.6 Å². The Bertz CT molecular complexity index is 1030. The molecular weight excluding hydrogens is 416 g/mol. The van der Waals surface area contributed by atoms with Crippen LogP contribution in [0.3, 0.4) is 0 Å². The molecule has 3 heterocycles. The van der Waals surface area contributed by atoms with Crippen molar-refractivity contribution in [1.29, 1.82) is 0 Å². The van der Waals surface area contributed by atoms with E-state index >= 15 is 0 Å². The number of likely N-dealkylation sites (tertiary alicyclic amines) is 1. The van der Waals surface area contributed by atoms with Gasteiger partial charge in [-0.05, 0) is 74.8 Å². The first-order valence-electron chi connectivity index (χ1n) is 12.1. The Labute approximate surface area is 194 Å². The third kappa shape index (κ3) is 4.22. The molecule has 1 saturated carbocycles. The van der Waals surface area contributed by atoms with Crippen LogP contribution in [0.25, 0.3) is 11.1 Å². The van der Waals surface area contributed by atoms with E-state index in [1.54, 1.807) is 12.1 Å². The Morgan fingerprint density at radius 3 is 2.61 bits per heavy atom. The van der Waals surface area contributed by atoms with Crippen LogP contribution in [0.15, 0.2) is 42.6 Å². The maximum absolute atomic E-state index is 13.5. The highest BCUT2D eigenvalue weighted by atomic mass is 16.3. The van der Waals surface area contributed by atoms with Crippen LogP contribution in [0.2, 0.25) is 0 Å². The van der Waals surface area contributed by atoms with E-state index < -0.39 is 5.91 Å². The first kappa shape index (κ1) is 21.9. The topological polar surface area (TPSA) is 99.8 Å². The van der Waals surface area contributed by atoms with Crippen molar-refractivity contribution in [2.75, 3.05) is 24.5 Å². The standard InChI is InChI=1S/C26H32N4O3/c27-24(32)19-4-1-3-18(15-19)20-5-10-23(28-16-20)29-13-2-11-26(17-29)12-14-30(25(26)33)21-6-8-22(31)9-7-21/h1,3-5,10,15-16,21-22,31H,2,6-9,11-14,17H2,(H2,27,32). The first-order valence-corrected chi connectivity index (χ1v) is 12.1. The lowest BCUT2D eigenvalue weighted by Gasteiger charge is -2.41. The van der Waals surface area contributed by atoms with Gasteiger partial charge in [-0.1, -0.05) is 12.1 Å². The zero-order chi connectivity index (χ0) is 23.0. The number of aliphatic hydroxyl groups excluding tert-OH is 1. The third-order valence-electron chi connectivity index (χ3n) is 7.78. The summed E-state index contributed by atoms with van der Waals surface area (Å²) in [6, 6.07) is 11.6. The highest BCUT2D eigenvalue weighted by Gasteiger charge is 2.50. The molecule has 1 aromatic carbocycles. The van der Waals surface area contributed by atoms with Crippen LogP contribution >= 0.6 is 0 Å². The van der Waals surface area contributed by atoms with Gasteiger partial charge in [-0.25, -0.2) is 4.98 Å². The lowest BCUT2D eigenvalue weighted by Crippen LogP contribution is -2.50. The van der Waals surface area contributed by atoms with E-state index in [1.165, 1.54) is 0 Å². The molecule has 5 rings (SSSR count). The summed E-state index contributed by atoms with van der Waals surface area (Å²) in [6.45, 7) is 2.44. The minimum atomic E-state index is -0.445. The smallest absolute Gasteiger partial charge is 0.248 e. The molecule has 3 fully saturated rings. The number of carbonyl (C=O) groups excluding carboxylic acids is 2. The molecule has 1 unspecified atom stereocenters. The summed E-state index contributed by atoms with van der Waals surface area (Å²) < 4.78 is 0. The van der Waals surface area contributed by atoms with Crippen LogP contribution in [0.1, 0.15) is 55.3 Å². The molecule has 7 nitrogen and oxygen atoms in total. The summed E-state index contributed by atoms with van der Waals surface area (Å²) in [5.41, 5.74) is 7.40. The number of nitrogens with zero attached hydrogens (tertiary/aromatic N) is 3. The molecule has 3 N–H and O–H groups in total. The van der Waals surface area contributed by atoms with E-state index in [0.29, 0.717) is 18.0 Å². The summed E-state index contributed by atoms with van der Waals surface area (Å²) >= 11 is 0. The van der Waals surface area contributed by atoms with Crippen molar-refractivity contribution in [3.63, 3.8) is 0 Å². The Balaban J connectivity index is 1.30. The summed E-state index contributed by atoms with van der Waals surface area (Å²) in [5.74, 6) is 0.740. The molecule has 1 spiro atoms. The Morgan fingerprint density at radius 2 is 1.88 bits per heavy atom. The fourth-order valence-electron chi connectivity index (χ4n) is 5.87. The zero-order valence-corrected chi connectivity index (χ0v) is 18.9. The molecule has 1 aromatic heterocycles. The third-order valence-corrected chi connectivity index (χ3v) is 7.78. The van der Waals surface area contributed by atoms with Gasteiger partial charge in [-0.15, -0.1) is 0 Å². The van der Waals surface area contributed by atoms with Gasteiger partial charge in [0, 0.05) is 43.0 Å². The molecular formula is C26H32N4O3. The van der Waals surface area contributed by atoms with Crippen molar-refractivity contribution in [2.45, 2.75) is 57.1 Å². The van der Waals surface area contributed by atoms with E-state index in [2.05, 4.69) is 9.80 Å². The fraction of sp³-hybridized carbons (Fsp3) is 0.500. The predicted octanol–water partition coefficient (Wildman–Crippen LogP) is 2.97. The molecule has 2 saturated heterocycles. The maximum atomic E-state index is 13.5. The van der Waals surface area contributed by atoms with Crippen molar-refractivity contribution in [1.82, 2.24) is 9.88 Å². The number of primary amides is 1. The number of nitrogens with two attached hydrogens (primary N) is 1. The lowest BCUT2D eigenvalue weighted by atomic mass is 9.78. The number of benzene rings is 1. The van der Waals surface area contributed by atoms with Gasteiger partial charge in [-0.3, -0.25) is 9.59 Å². The molecule has 1 aliphatic carbocycles. The molecule has 174 valence electrons. The molecule has 2 aromatic rings. The normalized spacial score (nSPS) is 27.8. The van der Waals surface area contributed by atoms with Crippen molar-refractivity contribution < 1.29 is 14.7 Å². The van der Waals surface area contributed by atoms with E-state index in [1.807, 2.05) is 30.5 Å². The Morgan fingerprint density at radius 1 is 1.06 bits per heavy atom. The predicted molar refractivity (Wildman–Crippen MR) is 127 cm³/mol. The van der Waals surface area contributed by atoms with Gasteiger partial charge in [0.2, 0.25) is 11.8 Å². The van der Waals surface area contributed by atoms with Gasteiger partial charge in [-0.2, -0.15) is 0 Å². The fourth-order valence-corrected chi connectivity index (χ4v) is 5.87. The number of rotatable bonds is 4. The number of pyridine rings is 1. The summed E-state index contributed by atoms with van der Waals surface area (Å²) in [6.07, 6.45) is 7.86. The average molecular weight is 449 g/mol. The average Bonchev–Trinajstić information content (AvgIpc) is 3.15. The Kier molecular flexibility index (Phi) is 5.83. The van der Waals surface area contributed by atoms with Gasteiger partial charge >= 0.3 is 0 Å². The van der Waals surface area contributed by atoms with Gasteiger partial charge in [0.05, 0.1) is 11.5 Å². The second kappa shape index (κ2) is 8.78.